The van der Waals surface area contributed by atoms with Crippen LogP contribution in [0.1, 0.15) is 55.2 Å². The molecule has 1 aromatic carbocycles. The predicted molar refractivity (Wildman–Crippen MR) is 152 cm³/mol. The zero-order chi connectivity index (χ0) is 30.6. The number of likely N-dealkylation sites (tertiary alicyclic amines) is 1. The summed E-state index contributed by atoms with van der Waals surface area (Å²) >= 11 is 0. The highest BCUT2D eigenvalue weighted by Crippen LogP contribution is 2.38. The Labute approximate surface area is 240 Å². The minimum Gasteiger partial charge on any atom is -0.493 e. The number of nitrogens with one attached hydrogen (secondary N) is 1. The number of benzene rings is 1. The first-order valence-electron chi connectivity index (χ1n) is 13.5. The Morgan fingerprint density at radius 3 is 2.71 bits per heavy atom. The van der Waals surface area contributed by atoms with E-state index >= 15 is 0 Å². The smallest absolute Gasteiger partial charge is 0.431 e. The highest BCUT2D eigenvalue weighted by atomic mass is 19.4. The molecule has 2 aromatic heterocycles. The number of nitrogen functional groups attached to an aromatic ring is 1. The zero-order valence-electron chi connectivity index (χ0n) is 23.5. The van der Waals surface area contributed by atoms with E-state index in [1.165, 1.54) is 12.1 Å². The summed E-state index contributed by atoms with van der Waals surface area (Å²) in [4.78, 5) is 39.9. The van der Waals surface area contributed by atoms with Crippen molar-refractivity contribution in [2.45, 2.75) is 45.2 Å². The van der Waals surface area contributed by atoms with Gasteiger partial charge in [0, 0.05) is 62.1 Å². The molecule has 1 atom stereocenters. The Bertz CT molecular complexity index is 1550. The van der Waals surface area contributed by atoms with E-state index in [-0.39, 0.29) is 29.8 Å². The van der Waals surface area contributed by atoms with Crippen LogP contribution in [0.25, 0.3) is 16.8 Å². The van der Waals surface area contributed by atoms with Gasteiger partial charge in [-0.1, -0.05) is 6.92 Å². The number of aromatic nitrogens is 3. The van der Waals surface area contributed by atoms with E-state index in [4.69, 9.17) is 21.2 Å². The number of halogens is 3. The number of amides is 2. The molecule has 0 bridgehead atoms. The molecule has 42 heavy (non-hydrogen) atoms. The number of fused-ring (bicyclic) bond motifs is 1. The molecule has 1 unspecified atom stereocenters. The molecule has 3 heterocycles. The summed E-state index contributed by atoms with van der Waals surface area (Å²) in [7, 11) is 1.09. The fourth-order valence-electron chi connectivity index (χ4n) is 4.98. The van der Waals surface area contributed by atoms with Crippen LogP contribution in [0.2, 0.25) is 0 Å². The fraction of sp³-hybridized carbons (Fsp3) is 0.393. The SMILES string of the molecule is CCOc1cc(C(=O)N=C(N)/C=C(\NC)C(F)(F)F)ccc1-c1nc(C2CCCN(C(=O)CC)C2)n2ccnc(N)c12. The van der Waals surface area contributed by atoms with Crippen LogP contribution in [0.4, 0.5) is 19.0 Å². The molecule has 2 amide bonds. The Hall–Kier alpha value is -4.62. The van der Waals surface area contributed by atoms with Crippen molar-refractivity contribution < 1.29 is 27.5 Å². The van der Waals surface area contributed by atoms with E-state index < -0.39 is 23.6 Å². The van der Waals surface area contributed by atoms with Crippen LogP contribution in [-0.2, 0) is 4.79 Å². The molecule has 1 saturated heterocycles. The van der Waals surface area contributed by atoms with Crippen molar-refractivity contribution in [1.29, 1.82) is 0 Å². The van der Waals surface area contributed by atoms with E-state index in [1.54, 1.807) is 25.4 Å². The lowest BCUT2D eigenvalue weighted by atomic mass is 9.97. The van der Waals surface area contributed by atoms with Crippen LogP contribution in [-0.4, -0.2) is 69.8 Å². The van der Waals surface area contributed by atoms with E-state index in [0.29, 0.717) is 48.1 Å². The molecule has 4 rings (SSSR count). The number of imidazole rings is 1. The summed E-state index contributed by atoms with van der Waals surface area (Å²) in [5.74, 6) is -0.179. The molecule has 3 aromatic rings. The van der Waals surface area contributed by atoms with Gasteiger partial charge in [-0.15, -0.1) is 0 Å². The van der Waals surface area contributed by atoms with E-state index in [9.17, 15) is 22.8 Å². The number of aliphatic imine (C=N–C) groups is 1. The third kappa shape index (κ3) is 6.31. The third-order valence-electron chi connectivity index (χ3n) is 6.93. The Morgan fingerprint density at radius 2 is 2.05 bits per heavy atom. The second-order valence-electron chi connectivity index (χ2n) is 9.67. The third-order valence-corrected chi connectivity index (χ3v) is 6.93. The topological polar surface area (TPSA) is 153 Å². The largest absolute Gasteiger partial charge is 0.493 e. The van der Waals surface area contributed by atoms with Gasteiger partial charge in [0.05, 0.1) is 6.61 Å². The van der Waals surface area contributed by atoms with Crippen LogP contribution in [0, 0.1) is 0 Å². The lowest BCUT2D eigenvalue weighted by Crippen LogP contribution is -2.39. The van der Waals surface area contributed by atoms with Gasteiger partial charge in [0.2, 0.25) is 5.91 Å². The van der Waals surface area contributed by atoms with Crippen LogP contribution in [0.15, 0.2) is 47.4 Å². The van der Waals surface area contributed by atoms with Gasteiger partial charge in [0.1, 0.15) is 40.1 Å². The van der Waals surface area contributed by atoms with Crippen molar-refractivity contribution in [3.05, 3.63) is 53.8 Å². The van der Waals surface area contributed by atoms with Gasteiger partial charge in [-0.3, -0.25) is 14.0 Å². The summed E-state index contributed by atoms with van der Waals surface area (Å²) in [5, 5.41) is 1.99. The number of nitrogens with zero attached hydrogens (tertiary/aromatic N) is 5. The molecule has 11 nitrogen and oxygen atoms in total. The Morgan fingerprint density at radius 1 is 1.29 bits per heavy atom. The number of allylic oxidation sites excluding steroid dienone is 1. The fourth-order valence-corrected chi connectivity index (χ4v) is 4.98. The number of alkyl halides is 3. The predicted octanol–water partition coefficient (Wildman–Crippen LogP) is 3.66. The first-order chi connectivity index (χ1) is 20.0. The molecule has 1 aliphatic heterocycles. The number of nitrogens with two attached hydrogens (primary N) is 2. The standard InChI is InChI=1S/C28H33F3N8O3/c1-4-22(40)38-11-6-7-17(15-38)26-37-23(24-25(33)35-10-12-39(24)26)18-9-8-16(13-19(18)42-5-2)27(41)36-21(32)14-20(34-3)28(29,30)31/h8-10,12-14,17,34H,4-7,11,15H2,1-3H3,(H2,33,35)(H2,32,36,41)/b20-14-. The van der Waals surface area contributed by atoms with Gasteiger partial charge < -0.3 is 26.4 Å². The maximum Gasteiger partial charge on any atom is 0.431 e. The number of carbonyl (C=O) groups excluding carboxylic acids is 2. The van der Waals surface area contributed by atoms with Gasteiger partial charge in [0.15, 0.2) is 0 Å². The summed E-state index contributed by atoms with van der Waals surface area (Å²) in [6.07, 6.45) is 1.29. The van der Waals surface area contributed by atoms with Crippen LogP contribution in [0.5, 0.6) is 5.75 Å². The first-order valence-corrected chi connectivity index (χ1v) is 13.5. The maximum absolute atomic E-state index is 13.0. The van der Waals surface area contributed by atoms with E-state index in [2.05, 4.69) is 9.98 Å². The van der Waals surface area contributed by atoms with Crippen LogP contribution < -0.4 is 21.5 Å². The number of anilines is 1. The van der Waals surface area contributed by atoms with Gasteiger partial charge in [-0.2, -0.15) is 18.2 Å². The molecule has 1 aliphatic rings. The lowest BCUT2D eigenvalue weighted by molar-refractivity contribution is -0.132. The first kappa shape index (κ1) is 30.3. The molecule has 0 radical (unpaired) electrons. The van der Waals surface area contributed by atoms with Crippen molar-refractivity contribution >= 4 is 29.0 Å². The van der Waals surface area contributed by atoms with E-state index in [0.717, 1.165) is 25.7 Å². The minimum atomic E-state index is -4.69. The average molecular weight is 587 g/mol. The summed E-state index contributed by atoms with van der Waals surface area (Å²) in [5.41, 5.74) is 12.4. The monoisotopic (exact) mass is 586 g/mol. The highest BCUT2D eigenvalue weighted by Gasteiger charge is 2.33. The van der Waals surface area contributed by atoms with Crippen molar-refractivity contribution in [1.82, 2.24) is 24.6 Å². The molecular formula is C28H33F3N8O3. The summed E-state index contributed by atoms with van der Waals surface area (Å²) in [6, 6.07) is 4.51. The number of hydrogen-bond donors (Lipinski definition) is 3. The second-order valence-corrected chi connectivity index (χ2v) is 9.67. The lowest BCUT2D eigenvalue weighted by Gasteiger charge is -2.32. The van der Waals surface area contributed by atoms with Crippen molar-refractivity contribution in [2.24, 2.45) is 10.7 Å². The maximum atomic E-state index is 13.0. The highest BCUT2D eigenvalue weighted by molar-refractivity contribution is 6.07. The quantitative estimate of drug-likeness (QED) is 0.267. The van der Waals surface area contributed by atoms with Crippen molar-refractivity contribution in [3.8, 4) is 17.0 Å². The molecule has 0 aliphatic carbocycles. The summed E-state index contributed by atoms with van der Waals surface area (Å²) in [6.45, 7) is 5.07. The molecule has 5 N–H and O–H groups in total. The summed E-state index contributed by atoms with van der Waals surface area (Å²) < 4.78 is 46.8. The van der Waals surface area contributed by atoms with Crippen molar-refractivity contribution in [3.63, 3.8) is 0 Å². The normalized spacial score (nSPS) is 16.5. The van der Waals surface area contributed by atoms with Crippen LogP contribution in [0.3, 0.4) is 0 Å². The molecular weight excluding hydrogens is 553 g/mol. The molecule has 1 fully saturated rings. The zero-order valence-corrected chi connectivity index (χ0v) is 23.5. The van der Waals surface area contributed by atoms with Crippen LogP contribution >= 0.6 is 0 Å². The van der Waals surface area contributed by atoms with E-state index in [1.807, 2.05) is 21.5 Å². The van der Waals surface area contributed by atoms with Gasteiger partial charge >= 0.3 is 6.18 Å². The van der Waals surface area contributed by atoms with Gasteiger partial charge in [-0.25, -0.2) is 9.97 Å². The number of hydrogen-bond acceptors (Lipinski definition) is 7. The number of ether oxygens (including phenoxy) is 1. The number of carbonyl (C=O) groups is 2. The average Bonchev–Trinajstić information content (AvgIpc) is 3.36. The minimum absolute atomic E-state index is 0.0433. The van der Waals surface area contributed by atoms with Gasteiger partial charge in [0.25, 0.3) is 5.91 Å². The number of piperidine rings is 1. The van der Waals surface area contributed by atoms with Gasteiger partial charge in [-0.05, 0) is 38.0 Å². The Balaban J connectivity index is 1.76. The molecule has 224 valence electrons. The Kier molecular flexibility index (Phi) is 9.02. The number of rotatable bonds is 8. The molecule has 0 saturated carbocycles. The van der Waals surface area contributed by atoms with Crippen molar-refractivity contribution in [2.75, 3.05) is 32.5 Å². The number of amidine groups is 1. The molecule has 0 spiro atoms. The molecule has 14 heteroatoms. The second kappa shape index (κ2) is 12.5.